The van der Waals surface area contributed by atoms with Gasteiger partial charge in [0, 0.05) is 6.20 Å². The number of hydrogen-bond acceptors (Lipinski definition) is 5. The quantitative estimate of drug-likeness (QED) is 0.618. The Hall–Kier alpha value is -1.24. The summed E-state index contributed by atoms with van der Waals surface area (Å²) in [6, 6.07) is 1.77. The van der Waals surface area contributed by atoms with Gasteiger partial charge < -0.3 is 10.2 Å². The van der Waals surface area contributed by atoms with Crippen molar-refractivity contribution in [2.24, 2.45) is 40.4 Å². The second-order valence-corrected chi connectivity index (χ2v) is 13.3. The largest absolute Gasteiger partial charge is 0.391 e. The monoisotopic (exact) mass is 486 g/mol. The molecule has 9 atom stereocenters. The predicted molar refractivity (Wildman–Crippen MR) is 132 cm³/mol. The summed E-state index contributed by atoms with van der Waals surface area (Å²) >= 11 is 6.05. The highest BCUT2D eigenvalue weighted by atomic mass is 35.5. The molecule has 0 bridgehead atoms. The van der Waals surface area contributed by atoms with Crippen LogP contribution in [-0.4, -0.2) is 41.9 Å². The van der Waals surface area contributed by atoms with Crippen LogP contribution in [-0.2, 0) is 6.54 Å². The first-order valence-electron chi connectivity index (χ1n) is 13.4. The van der Waals surface area contributed by atoms with Gasteiger partial charge in [0.05, 0.1) is 23.3 Å². The molecule has 2 N–H and O–H groups in total. The molecule has 0 amide bonds. The van der Waals surface area contributed by atoms with Crippen molar-refractivity contribution in [3.05, 3.63) is 17.3 Å². The molecule has 2 aromatic rings. The number of rotatable bonds is 3. The van der Waals surface area contributed by atoms with Crippen LogP contribution in [0, 0.1) is 40.4 Å². The molecule has 2 aromatic heterocycles. The molecule has 0 aromatic carbocycles. The molecule has 34 heavy (non-hydrogen) atoms. The second-order valence-electron chi connectivity index (χ2n) is 12.9. The van der Waals surface area contributed by atoms with Gasteiger partial charge >= 0.3 is 0 Å². The summed E-state index contributed by atoms with van der Waals surface area (Å²) in [5.41, 5.74) is 1.32. The minimum atomic E-state index is -0.477. The Morgan fingerprint density at radius 1 is 1.03 bits per heavy atom. The van der Waals surface area contributed by atoms with Gasteiger partial charge in [0.1, 0.15) is 5.52 Å². The maximum Gasteiger partial charge on any atom is 0.201 e. The van der Waals surface area contributed by atoms with Gasteiger partial charge in [0.25, 0.3) is 0 Å². The van der Waals surface area contributed by atoms with Crippen LogP contribution in [0.5, 0.6) is 0 Å². The Morgan fingerprint density at radius 3 is 2.65 bits per heavy atom. The lowest BCUT2D eigenvalue weighted by Crippen LogP contribution is -2.56. The van der Waals surface area contributed by atoms with Crippen LogP contribution >= 0.6 is 11.6 Å². The Labute approximate surface area is 207 Å². The van der Waals surface area contributed by atoms with E-state index in [1.807, 2.05) is 6.92 Å². The van der Waals surface area contributed by atoms with Gasteiger partial charge in [-0.15, -0.1) is 5.10 Å². The van der Waals surface area contributed by atoms with E-state index in [0.29, 0.717) is 40.0 Å². The van der Waals surface area contributed by atoms with Crippen LogP contribution in [0.25, 0.3) is 11.2 Å². The van der Waals surface area contributed by atoms with E-state index in [9.17, 15) is 10.2 Å². The zero-order valence-corrected chi connectivity index (χ0v) is 21.5. The van der Waals surface area contributed by atoms with E-state index in [2.05, 4.69) is 29.0 Å². The Morgan fingerprint density at radius 2 is 1.82 bits per heavy atom. The van der Waals surface area contributed by atoms with Crippen LogP contribution in [0.15, 0.2) is 12.3 Å². The third-order valence-electron chi connectivity index (χ3n) is 11.1. The number of nitrogens with zero attached hydrogens (tertiary/aromatic N) is 4. The minimum Gasteiger partial charge on any atom is -0.391 e. The van der Waals surface area contributed by atoms with E-state index in [1.165, 1.54) is 32.1 Å². The summed E-state index contributed by atoms with van der Waals surface area (Å²) in [5.74, 6) is 3.16. The summed E-state index contributed by atoms with van der Waals surface area (Å²) in [6.07, 6.45) is 11.5. The van der Waals surface area contributed by atoms with Crippen molar-refractivity contribution in [3.63, 3.8) is 0 Å². The normalized spacial score (nSPS) is 44.9. The fourth-order valence-corrected chi connectivity index (χ4v) is 9.46. The van der Waals surface area contributed by atoms with Crippen molar-refractivity contribution in [2.45, 2.75) is 96.8 Å². The van der Waals surface area contributed by atoms with Crippen molar-refractivity contribution < 1.29 is 10.2 Å². The van der Waals surface area contributed by atoms with Crippen molar-refractivity contribution >= 4 is 22.8 Å². The van der Waals surface area contributed by atoms with Crippen LogP contribution < -0.4 is 0 Å². The Balaban J connectivity index is 1.20. The third-order valence-corrected chi connectivity index (χ3v) is 11.3. The molecule has 0 aliphatic heterocycles. The van der Waals surface area contributed by atoms with Crippen LogP contribution in [0.3, 0.4) is 0 Å². The van der Waals surface area contributed by atoms with E-state index in [0.717, 1.165) is 37.5 Å². The Kier molecular flexibility index (Phi) is 5.37. The van der Waals surface area contributed by atoms with E-state index in [4.69, 9.17) is 11.6 Å². The van der Waals surface area contributed by atoms with Crippen molar-refractivity contribution in [3.8, 4) is 0 Å². The molecular formula is C27H39ClN4O2. The van der Waals surface area contributed by atoms with E-state index in [-0.39, 0.29) is 11.3 Å². The molecule has 6 rings (SSSR count). The van der Waals surface area contributed by atoms with Gasteiger partial charge in [-0.1, -0.05) is 25.4 Å². The molecular weight excluding hydrogens is 448 g/mol. The smallest absolute Gasteiger partial charge is 0.201 e. The first-order valence-corrected chi connectivity index (χ1v) is 13.7. The third kappa shape index (κ3) is 3.54. The highest BCUT2D eigenvalue weighted by molar-refractivity contribution is 6.30. The number of halogens is 1. The topological polar surface area (TPSA) is 84.1 Å². The molecule has 0 spiro atoms. The molecule has 4 aliphatic rings. The highest BCUT2D eigenvalue weighted by Crippen LogP contribution is 2.68. The molecule has 0 saturated heterocycles. The van der Waals surface area contributed by atoms with E-state index < -0.39 is 11.7 Å². The number of aliphatic hydroxyl groups excluding tert-OH is 1. The maximum absolute atomic E-state index is 11.4. The molecule has 0 radical (unpaired) electrons. The summed E-state index contributed by atoms with van der Waals surface area (Å²) in [7, 11) is 0. The molecule has 4 aliphatic carbocycles. The molecule has 4 saturated carbocycles. The zero-order chi connectivity index (χ0) is 23.9. The highest BCUT2D eigenvalue weighted by Gasteiger charge is 2.61. The van der Waals surface area contributed by atoms with Crippen LogP contribution in [0.4, 0.5) is 0 Å². The van der Waals surface area contributed by atoms with Gasteiger partial charge in [-0.2, -0.15) is 9.90 Å². The molecule has 186 valence electrons. The Bertz CT molecular complexity index is 1090. The number of aliphatic hydroxyl groups is 2. The van der Waals surface area contributed by atoms with Crippen molar-refractivity contribution in [1.29, 1.82) is 0 Å². The fraction of sp³-hybridized carbons (Fsp3) is 0.815. The van der Waals surface area contributed by atoms with Gasteiger partial charge in [-0.25, -0.2) is 4.98 Å². The lowest BCUT2D eigenvalue weighted by Gasteiger charge is -2.62. The van der Waals surface area contributed by atoms with Crippen molar-refractivity contribution in [1.82, 2.24) is 20.0 Å². The van der Waals surface area contributed by atoms with Gasteiger partial charge in [0.2, 0.25) is 5.65 Å². The fourth-order valence-electron chi connectivity index (χ4n) is 9.31. The minimum absolute atomic E-state index is 0.179. The summed E-state index contributed by atoms with van der Waals surface area (Å²) in [4.78, 5) is 5.87. The van der Waals surface area contributed by atoms with Gasteiger partial charge in [-0.05, 0) is 111 Å². The standard InChI is InChI=1S/C27H39ClN4O2/c1-25(34)10-11-26(2)16(13-25)4-5-18-19-6-7-21(27(19,3)9-8-20(18)26)23(33)15-32-30-22-12-17(28)14-29-24(22)31-32/h12,14,16,18-21,23,33-34H,4-11,13,15H2,1-3H3/t16-,18?,19+,20+,21-,23?,25-,26+,27+/m1/s1. The average molecular weight is 487 g/mol. The molecule has 2 heterocycles. The van der Waals surface area contributed by atoms with Crippen molar-refractivity contribution in [2.75, 3.05) is 0 Å². The number of hydrogen-bond donors (Lipinski definition) is 2. The molecule has 2 unspecified atom stereocenters. The summed E-state index contributed by atoms with van der Waals surface area (Å²) in [6.45, 7) is 7.46. The lowest BCUT2D eigenvalue weighted by atomic mass is 9.44. The first-order chi connectivity index (χ1) is 16.1. The summed E-state index contributed by atoms with van der Waals surface area (Å²) in [5, 5.41) is 31.7. The predicted octanol–water partition coefficient (Wildman–Crippen LogP) is 5.25. The maximum atomic E-state index is 11.4. The lowest BCUT2D eigenvalue weighted by molar-refractivity contribution is -0.150. The van der Waals surface area contributed by atoms with Crippen LogP contribution in [0.1, 0.15) is 78.6 Å². The number of aromatic nitrogens is 4. The molecule has 4 fully saturated rings. The van der Waals surface area contributed by atoms with Gasteiger partial charge in [0.15, 0.2) is 0 Å². The van der Waals surface area contributed by atoms with E-state index in [1.54, 1.807) is 17.1 Å². The van der Waals surface area contributed by atoms with Gasteiger partial charge in [-0.3, -0.25) is 0 Å². The zero-order valence-electron chi connectivity index (χ0n) is 20.8. The SMILES string of the molecule is C[C@@]1(O)CC[C@@]2(C)[C@H](CCC3[C@@H]2CC[C@]2(C)[C@@H](C(O)Cn4nc5cc(Cl)cnc5n4)CC[C@@H]32)C1. The average Bonchev–Trinajstić information content (AvgIpc) is 3.33. The molecule has 7 heteroatoms. The molecule has 6 nitrogen and oxygen atoms in total. The van der Waals surface area contributed by atoms with Crippen LogP contribution in [0.2, 0.25) is 5.02 Å². The summed E-state index contributed by atoms with van der Waals surface area (Å²) < 4.78 is 0. The van der Waals surface area contributed by atoms with E-state index >= 15 is 0 Å². The number of fused-ring (bicyclic) bond motifs is 6. The first kappa shape index (κ1) is 23.2. The second kappa shape index (κ2) is 7.88. The number of pyridine rings is 1.